The molecule has 1 aliphatic carbocycles. The van der Waals surface area contributed by atoms with E-state index in [0.29, 0.717) is 13.1 Å². The predicted octanol–water partition coefficient (Wildman–Crippen LogP) is 2.10. The highest BCUT2D eigenvalue weighted by Gasteiger charge is 2.33. The van der Waals surface area contributed by atoms with Crippen LogP contribution in [0.1, 0.15) is 32.6 Å². The first kappa shape index (κ1) is 16.1. The maximum absolute atomic E-state index is 12.1. The number of carbonyl (C=O) groups excluding carboxylic acids is 1. The SMILES string of the molecule is CCN(C(=O)NCC(F)(F)F)C1CCCCC1CN. The number of hydrogen-bond acceptors (Lipinski definition) is 2. The van der Waals surface area contributed by atoms with Gasteiger partial charge in [0.05, 0.1) is 0 Å². The van der Waals surface area contributed by atoms with Crippen LogP contribution in [0, 0.1) is 5.92 Å². The highest BCUT2D eigenvalue weighted by Crippen LogP contribution is 2.28. The molecule has 0 aromatic carbocycles. The van der Waals surface area contributed by atoms with Gasteiger partial charge < -0.3 is 16.0 Å². The zero-order chi connectivity index (χ0) is 14.5. The molecular formula is C12H22F3N3O. The van der Waals surface area contributed by atoms with Crippen LogP contribution < -0.4 is 11.1 Å². The summed E-state index contributed by atoms with van der Waals surface area (Å²) in [5, 5.41) is 1.94. The topological polar surface area (TPSA) is 58.4 Å². The minimum absolute atomic E-state index is 0.0445. The monoisotopic (exact) mass is 281 g/mol. The molecule has 2 amide bonds. The van der Waals surface area contributed by atoms with Crippen molar-refractivity contribution in [2.75, 3.05) is 19.6 Å². The van der Waals surface area contributed by atoms with Crippen LogP contribution >= 0.6 is 0 Å². The molecule has 0 heterocycles. The van der Waals surface area contributed by atoms with Crippen LogP contribution in [0.15, 0.2) is 0 Å². The standard InChI is InChI=1S/C12H22F3N3O/c1-2-18(11(19)17-8-12(13,14)15)10-6-4-3-5-9(10)7-16/h9-10H,2-8,16H2,1H3,(H,17,19). The second-order valence-electron chi connectivity index (χ2n) is 4.91. The molecule has 1 aliphatic rings. The lowest BCUT2D eigenvalue weighted by Gasteiger charge is -2.39. The minimum Gasteiger partial charge on any atom is -0.330 e. The molecule has 0 saturated heterocycles. The van der Waals surface area contributed by atoms with Gasteiger partial charge in [0.15, 0.2) is 0 Å². The zero-order valence-electron chi connectivity index (χ0n) is 11.2. The summed E-state index contributed by atoms with van der Waals surface area (Å²) in [6.45, 7) is 1.34. The molecule has 0 bridgehead atoms. The molecule has 0 aromatic rings. The van der Waals surface area contributed by atoms with E-state index in [-0.39, 0.29) is 12.0 Å². The van der Waals surface area contributed by atoms with Crippen molar-refractivity contribution in [1.29, 1.82) is 0 Å². The van der Waals surface area contributed by atoms with E-state index in [1.807, 2.05) is 5.32 Å². The molecule has 2 atom stereocenters. The quantitative estimate of drug-likeness (QED) is 0.829. The summed E-state index contributed by atoms with van der Waals surface area (Å²) < 4.78 is 36.3. The third-order valence-corrected chi connectivity index (χ3v) is 3.61. The van der Waals surface area contributed by atoms with E-state index in [0.717, 1.165) is 25.7 Å². The van der Waals surface area contributed by atoms with E-state index in [1.165, 1.54) is 4.90 Å². The van der Waals surface area contributed by atoms with Gasteiger partial charge in [-0.25, -0.2) is 4.79 Å². The van der Waals surface area contributed by atoms with Crippen LogP contribution in [-0.2, 0) is 0 Å². The molecule has 19 heavy (non-hydrogen) atoms. The molecule has 112 valence electrons. The number of hydrogen-bond donors (Lipinski definition) is 2. The number of carbonyl (C=O) groups is 1. The summed E-state index contributed by atoms with van der Waals surface area (Å²) in [5.74, 6) is 0.185. The van der Waals surface area contributed by atoms with Crippen molar-refractivity contribution in [2.24, 2.45) is 11.7 Å². The molecular weight excluding hydrogens is 259 g/mol. The van der Waals surface area contributed by atoms with Crippen LogP contribution in [-0.4, -0.2) is 42.8 Å². The van der Waals surface area contributed by atoms with Crippen molar-refractivity contribution in [1.82, 2.24) is 10.2 Å². The minimum atomic E-state index is -4.38. The number of urea groups is 1. The van der Waals surface area contributed by atoms with Gasteiger partial charge in [0.1, 0.15) is 6.54 Å². The molecule has 0 radical (unpaired) electrons. The second kappa shape index (κ2) is 6.98. The van der Waals surface area contributed by atoms with Gasteiger partial charge in [-0.1, -0.05) is 12.8 Å². The molecule has 0 spiro atoms. The average molecular weight is 281 g/mol. The number of amides is 2. The van der Waals surface area contributed by atoms with Crippen LogP contribution in [0.5, 0.6) is 0 Å². The molecule has 7 heteroatoms. The smallest absolute Gasteiger partial charge is 0.330 e. The fraction of sp³-hybridized carbons (Fsp3) is 0.917. The first-order valence-electron chi connectivity index (χ1n) is 6.70. The lowest BCUT2D eigenvalue weighted by molar-refractivity contribution is -0.123. The molecule has 1 rings (SSSR count). The summed E-state index contributed by atoms with van der Waals surface area (Å²) in [7, 11) is 0. The van der Waals surface area contributed by atoms with E-state index >= 15 is 0 Å². The Morgan fingerprint density at radius 1 is 1.37 bits per heavy atom. The largest absolute Gasteiger partial charge is 0.405 e. The third-order valence-electron chi connectivity index (χ3n) is 3.61. The van der Waals surface area contributed by atoms with E-state index in [2.05, 4.69) is 0 Å². The summed E-state index contributed by atoms with van der Waals surface area (Å²) in [6, 6.07) is -0.692. The average Bonchev–Trinajstić information content (AvgIpc) is 2.37. The Morgan fingerprint density at radius 3 is 2.53 bits per heavy atom. The van der Waals surface area contributed by atoms with Gasteiger partial charge in [-0.3, -0.25) is 0 Å². The number of halogens is 3. The summed E-state index contributed by atoms with van der Waals surface area (Å²) in [4.78, 5) is 13.3. The highest BCUT2D eigenvalue weighted by molar-refractivity contribution is 5.74. The Bertz CT molecular complexity index is 296. The van der Waals surface area contributed by atoms with E-state index in [4.69, 9.17) is 5.73 Å². The van der Waals surface area contributed by atoms with Crippen molar-refractivity contribution < 1.29 is 18.0 Å². The fourth-order valence-corrected chi connectivity index (χ4v) is 2.68. The number of alkyl halides is 3. The van der Waals surface area contributed by atoms with Crippen molar-refractivity contribution in [3.8, 4) is 0 Å². The predicted molar refractivity (Wildman–Crippen MR) is 66.6 cm³/mol. The first-order valence-corrected chi connectivity index (χ1v) is 6.70. The Morgan fingerprint density at radius 2 is 2.00 bits per heavy atom. The Kier molecular flexibility index (Phi) is 5.90. The zero-order valence-corrected chi connectivity index (χ0v) is 11.2. The molecule has 0 aliphatic heterocycles. The van der Waals surface area contributed by atoms with Crippen molar-refractivity contribution in [3.63, 3.8) is 0 Å². The van der Waals surface area contributed by atoms with Gasteiger partial charge in [0, 0.05) is 12.6 Å². The highest BCUT2D eigenvalue weighted by atomic mass is 19.4. The molecule has 3 N–H and O–H groups in total. The molecule has 1 saturated carbocycles. The fourth-order valence-electron chi connectivity index (χ4n) is 2.68. The summed E-state index contributed by atoms with van der Waals surface area (Å²) in [6.07, 6.45) is -0.571. The third kappa shape index (κ3) is 4.89. The van der Waals surface area contributed by atoms with Crippen LogP contribution in [0.4, 0.5) is 18.0 Å². The maximum Gasteiger partial charge on any atom is 0.405 e. The Balaban J connectivity index is 2.62. The van der Waals surface area contributed by atoms with Crippen molar-refractivity contribution in [3.05, 3.63) is 0 Å². The first-order chi connectivity index (χ1) is 8.89. The number of nitrogens with zero attached hydrogens (tertiary/aromatic N) is 1. The normalized spacial score (nSPS) is 24.1. The van der Waals surface area contributed by atoms with Crippen LogP contribution in [0.3, 0.4) is 0 Å². The maximum atomic E-state index is 12.1. The molecule has 4 nitrogen and oxygen atoms in total. The lowest BCUT2D eigenvalue weighted by Crippen LogP contribution is -2.52. The van der Waals surface area contributed by atoms with Crippen LogP contribution in [0.25, 0.3) is 0 Å². The van der Waals surface area contributed by atoms with Gasteiger partial charge in [-0.05, 0) is 32.2 Å². The number of nitrogens with two attached hydrogens (primary N) is 1. The summed E-state index contributed by atoms with van der Waals surface area (Å²) >= 11 is 0. The molecule has 0 aromatic heterocycles. The van der Waals surface area contributed by atoms with Gasteiger partial charge in [-0.15, -0.1) is 0 Å². The Labute approximate surface area is 111 Å². The van der Waals surface area contributed by atoms with Gasteiger partial charge in [0.25, 0.3) is 0 Å². The molecule has 1 fully saturated rings. The molecule has 2 unspecified atom stereocenters. The van der Waals surface area contributed by atoms with E-state index < -0.39 is 18.8 Å². The van der Waals surface area contributed by atoms with Crippen LogP contribution in [0.2, 0.25) is 0 Å². The number of rotatable bonds is 4. The summed E-state index contributed by atoms with van der Waals surface area (Å²) in [5.41, 5.74) is 5.69. The van der Waals surface area contributed by atoms with Crippen molar-refractivity contribution in [2.45, 2.75) is 44.8 Å². The van der Waals surface area contributed by atoms with E-state index in [1.54, 1.807) is 6.92 Å². The van der Waals surface area contributed by atoms with Gasteiger partial charge in [0.2, 0.25) is 0 Å². The van der Waals surface area contributed by atoms with Gasteiger partial charge >= 0.3 is 12.2 Å². The Hall–Kier alpha value is -0.980. The second-order valence-corrected chi connectivity index (χ2v) is 4.91. The van der Waals surface area contributed by atoms with Gasteiger partial charge in [-0.2, -0.15) is 13.2 Å². The van der Waals surface area contributed by atoms with E-state index in [9.17, 15) is 18.0 Å². The number of nitrogens with one attached hydrogen (secondary N) is 1. The van der Waals surface area contributed by atoms with Crippen molar-refractivity contribution >= 4 is 6.03 Å². The lowest BCUT2D eigenvalue weighted by atomic mass is 9.83.